The number of nitrogens with zero attached hydrogens (tertiary/aromatic N) is 1. The molecule has 2 aliphatic rings. The average Bonchev–Trinajstić information content (AvgIpc) is 3.24. The van der Waals surface area contributed by atoms with Gasteiger partial charge in [0.1, 0.15) is 0 Å². The lowest BCUT2D eigenvalue weighted by Gasteiger charge is -2.22. The van der Waals surface area contributed by atoms with E-state index >= 15 is 0 Å². The zero-order valence-corrected chi connectivity index (χ0v) is 15.6. The zero-order chi connectivity index (χ0) is 19.0. The largest absolute Gasteiger partial charge is 0.342 e. The highest BCUT2D eigenvalue weighted by atomic mass is 35.5. The molecule has 1 amide bonds. The summed E-state index contributed by atoms with van der Waals surface area (Å²) in [5.41, 5.74) is 1.61. The second-order valence-corrected chi connectivity index (χ2v) is 7.88. The quantitative estimate of drug-likeness (QED) is 0.849. The summed E-state index contributed by atoms with van der Waals surface area (Å²) in [4.78, 5) is 14.0. The molecular formula is C21H21ClF2N2O. The standard InChI is InChI=1S/C21H21ClF2N2O/c22-19-7-3-15(4-8-19)14-1-5-18(6-2-14)21(23,24)9-20(27)26-12-16-10-25-11-17(16)13-26/h1-8,16-17,25H,9-13H2/t16-,17+. The highest BCUT2D eigenvalue weighted by Crippen LogP contribution is 2.35. The molecule has 0 aromatic heterocycles. The van der Waals surface area contributed by atoms with Crippen molar-refractivity contribution in [2.45, 2.75) is 12.3 Å². The van der Waals surface area contributed by atoms with Gasteiger partial charge < -0.3 is 10.2 Å². The van der Waals surface area contributed by atoms with Crippen LogP contribution in [0, 0.1) is 11.8 Å². The molecule has 2 fully saturated rings. The molecule has 0 radical (unpaired) electrons. The monoisotopic (exact) mass is 390 g/mol. The third-order valence-corrected chi connectivity index (χ3v) is 5.85. The molecule has 2 aromatic carbocycles. The van der Waals surface area contributed by atoms with Crippen molar-refractivity contribution in [2.24, 2.45) is 11.8 Å². The van der Waals surface area contributed by atoms with Crippen LogP contribution < -0.4 is 5.32 Å². The van der Waals surface area contributed by atoms with Crippen LogP contribution in [-0.2, 0) is 10.7 Å². The molecule has 0 saturated carbocycles. The van der Waals surface area contributed by atoms with Crippen molar-refractivity contribution < 1.29 is 13.6 Å². The van der Waals surface area contributed by atoms with Crippen LogP contribution in [0.1, 0.15) is 12.0 Å². The van der Waals surface area contributed by atoms with Crippen LogP contribution in [-0.4, -0.2) is 37.0 Å². The number of benzene rings is 2. The molecule has 0 unspecified atom stereocenters. The van der Waals surface area contributed by atoms with E-state index in [1.165, 1.54) is 12.1 Å². The van der Waals surface area contributed by atoms with Crippen LogP contribution in [0.15, 0.2) is 48.5 Å². The van der Waals surface area contributed by atoms with Crippen molar-refractivity contribution in [3.05, 3.63) is 59.1 Å². The van der Waals surface area contributed by atoms with Gasteiger partial charge in [0, 0.05) is 36.8 Å². The van der Waals surface area contributed by atoms with Gasteiger partial charge in [-0.25, -0.2) is 8.78 Å². The molecule has 27 heavy (non-hydrogen) atoms. The number of hydrogen-bond acceptors (Lipinski definition) is 2. The molecule has 2 saturated heterocycles. The number of carbonyl (C=O) groups is 1. The maximum atomic E-state index is 14.7. The summed E-state index contributed by atoms with van der Waals surface area (Å²) in [6.45, 7) is 2.91. The van der Waals surface area contributed by atoms with Crippen LogP contribution in [0.25, 0.3) is 11.1 Å². The fraction of sp³-hybridized carbons (Fsp3) is 0.381. The second-order valence-electron chi connectivity index (χ2n) is 7.44. The summed E-state index contributed by atoms with van der Waals surface area (Å²) in [7, 11) is 0. The van der Waals surface area contributed by atoms with E-state index in [9.17, 15) is 13.6 Å². The van der Waals surface area contributed by atoms with Crippen LogP contribution >= 0.6 is 11.6 Å². The van der Waals surface area contributed by atoms with E-state index in [4.69, 9.17) is 11.6 Å². The van der Waals surface area contributed by atoms with Gasteiger partial charge in [-0.1, -0.05) is 48.0 Å². The van der Waals surface area contributed by atoms with Gasteiger partial charge in [-0.2, -0.15) is 0 Å². The van der Waals surface area contributed by atoms with E-state index in [1.807, 2.05) is 12.1 Å². The molecular weight excluding hydrogens is 370 g/mol. The lowest BCUT2D eigenvalue weighted by atomic mass is 10.00. The normalized spacial score (nSPS) is 22.1. The van der Waals surface area contributed by atoms with Gasteiger partial charge >= 0.3 is 0 Å². The number of hydrogen-bond donors (Lipinski definition) is 1. The molecule has 6 heteroatoms. The smallest absolute Gasteiger partial charge is 0.281 e. The number of carbonyl (C=O) groups excluding carboxylic acids is 1. The SMILES string of the molecule is O=C(CC(F)(F)c1ccc(-c2ccc(Cl)cc2)cc1)N1C[C@H]2CNC[C@H]2C1. The Kier molecular flexibility index (Phi) is 4.91. The van der Waals surface area contributed by atoms with Crippen LogP contribution in [0.3, 0.4) is 0 Å². The second kappa shape index (κ2) is 7.21. The summed E-state index contributed by atoms with van der Waals surface area (Å²) in [6, 6.07) is 13.3. The number of halogens is 3. The molecule has 0 bridgehead atoms. The Balaban J connectivity index is 1.43. The minimum Gasteiger partial charge on any atom is -0.342 e. The highest BCUT2D eigenvalue weighted by molar-refractivity contribution is 6.30. The molecule has 2 aliphatic heterocycles. The number of likely N-dealkylation sites (tertiary alicyclic amines) is 1. The first kappa shape index (κ1) is 18.4. The summed E-state index contributed by atoms with van der Waals surface area (Å²) in [5, 5.41) is 3.91. The summed E-state index contributed by atoms with van der Waals surface area (Å²) >= 11 is 5.88. The van der Waals surface area contributed by atoms with E-state index in [2.05, 4.69) is 5.32 Å². The average molecular weight is 391 g/mol. The number of amides is 1. The van der Waals surface area contributed by atoms with Crippen LogP contribution in [0.2, 0.25) is 5.02 Å². The van der Waals surface area contributed by atoms with Gasteiger partial charge in [0.25, 0.3) is 5.92 Å². The third-order valence-electron chi connectivity index (χ3n) is 5.60. The first-order valence-corrected chi connectivity index (χ1v) is 9.53. The minimum absolute atomic E-state index is 0.130. The van der Waals surface area contributed by atoms with Crippen molar-refractivity contribution >= 4 is 17.5 Å². The number of alkyl halides is 2. The van der Waals surface area contributed by atoms with Gasteiger partial charge in [0.15, 0.2) is 0 Å². The number of fused-ring (bicyclic) bond motifs is 1. The molecule has 3 nitrogen and oxygen atoms in total. The highest BCUT2D eigenvalue weighted by Gasteiger charge is 2.42. The first-order valence-electron chi connectivity index (χ1n) is 9.15. The molecule has 2 aromatic rings. The van der Waals surface area contributed by atoms with E-state index < -0.39 is 18.3 Å². The van der Waals surface area contributed by atoms with E-state index in [0.29, 0.717) is 29.9 Å². The molecule has 1 N–H and O–H groups in total. The lowest BCUT2D eigenvalue weighted by molar-refractivity contribution is -0.138. The number of rotatable bonds is 4. The summed E-state index contributed by atoms with van der Waals surface area (Å²) in [6.07, 6.45) is -0.778. The molecule has 142 valence electrons. The van der Waals surface area contributed by atoms with Crippen LogP contribution in [0.5, 0.6) is 0 Å². The van der Waals surface area contributed by atoms with Gasteiger partial charge in [0.05, 0.1) is 6.42 Å². The van der Waals surface area contributed by atoms with Crippen molar-refractivity contribution in [3.63, 3.8) is 0 Å². The van der Waals surface area contributed by atoms with E-state index in [0.717, 1.165) is 24.2 Å². The predicted molar refractivity (Wildman–Crippen MR) is 102 cm³/mol. The van der Waals surface area contributed by atoms with Crippen molar-refractivity contribution in [3.8, 4) is 11.1 Å². The first-order chi connectivity index (χ1) is 12.9. The Hall–Kier alpha value is -1.98. The maximum absolute atomic E-state index is 14.7. The van der Waals surface area contributed by atoms with E-state index in [1.54, 1.807) is 29.2 Å². The summed E-state index contributed by atoms with van der Waals surface area (Å²) < 4.78 is 29.3. The maximum Gasteiger partial charge on any atom is 0.281 e. The van der Waals surface area contributed by atoms with Crippen LogP contribution in [0.4, 0.5) is 8.78 Å². The van der Waals surface area contributed by atoms with Crippen molar-refractivity contribution in [2.75, 3.05) is 26.2 Å². The fourth-order valence-corrected chi connectivity index (χ4v) is 4.14. The molecule has 2 atom stereocenters. The molecule has 2 heterocycles. The van der Waals surface area contributed by atoms with Gasteiger partial charge in [-0.15, -0.1) is 0 Å². The Labute approximate surface area is 162 Å². The Morgan fingerprint density at radius 2 is 1.52 bits per heavy atom. The summed E-state index contributed by atoms with van der Waals surface area (Å²) in [5.74, 6) is -2.83. The minimum atomic E-state index is -3.18. The van der Waals surface area contributed by atoms with Gasteiger partial charge in [-0.05, 0) is 35.1 Å². The molecule has 4 rings (SSSR count). The Morgan fingerprint density at radius 1 is 1.00 bits per heavy atom. The van der Waals surface area contributed by atoms with Gasteiger partial charge in [0.2, 0.25) is 5.91 Å². The molecule has 0 aliphatic carbocycles. The fourth-order valence-electron chi connectivity index (χ4n) is 4.01. The molecule has 0 spiro atoms. The Morgan fingerprint density at radius 3 is 2.07 bits per heavy atom. The topological polar surface area (TPSA) is 32.3 Å². The van der Waals surface area contributed by atoms with Crippen molar-refractivity contribution in [1.29, 1.82) is 0 Å². The van der Waals surface area contributed by atoms with Gasteiger partial charge in [-0.3, -0.25) is 4.79 Å². The third kappa shape index (κ3) is 3.85. The lowest BCUT2D eigenvalue weighted by Crippen LogP contribution is -2.35. The van der Waals surface area contributed by atoms with Crippen molar-refractivity contribution in [1.82, 2.24) is 10.2 Å². The zero-order valence-electron chi connectivity index (χ0n) is 14.8. The predicted octanol–water partition coefficient (Wildman–Crippen LogP) is 4.17. The van der Waals surface area contributed by atoms with E-state index in [-0.39, 0.29) is 5.56 Å². The Bertz CT molecular complexity index is 811. The number of nitrogens with one attached hydrogen (secondary N) is 1.